The summed E-state index contributed by atoms with van der Waals surface area (Å²) < 4.78 is 26.9. The molecule has 2 rings (SSSR count). The largest absolute Gasteiger partial charge is 0.480 e. The maximum Gasteiger partial charge on any atom is 0.326 e. The number of benzene rings is 1. The van der Waals surface area contributed by atoms with Crippen molar-refractivity contribution in [3.63, 3.8) is 0 Å². The Bertz CT molecular complexity index is 730. The third-order valence-corrected chi connectivity index (χ3v) is 5.49. The number of rotatable bonds is 5. The molecule has 1 aliphatic rings. The number of likely N-dealkylation sites (tertiary alicyclic amines) is 1. The molecule has 1 fully saturated rings. The molecule has 0 spiro atoms. The average Bonchev–Trinajstić information content (AvgIpc) is 2.53. The molecule has 0 radical (unpaired) electrons. The highest BCUT2D eigenvalue weighted by molar-refractivity contribution is 7.89. The molecule has 0 saturated carbocycles. The van der Waals surface area contributed by atoms with Crippen LogP contribution in [0.5, 0.6) is 0 Å². The lowest BCUT2D eigenvalue weighted by molar-refractivity contribution is -0.143. The van der Waals surface area contributed by atoms with Gasteiger partial charge in [0.1, 0.15) is 6.04 Å². The van der Waals surface area contributed by atoms with Crippen LogP contribution in [0, 0.1) is 0 Å². The number of carboxylic acids is 1. The van der Waals surface area contributed by atoms with Crippen LogP contribution in [0.25, 0.3) is 0 Å². The van der Waals surface area contributed by atoms with Gasteiger partial charge in [-0.3, -0.25) is 4.79 Å². The van der Waals surface area contributed by atoms with E-state index < -0.39 is 27.9 Å². The molecule has 2 N–H and O–H groups in total. The molecule has 1 aromatic rings. The third-order valence-electron chi connectivity index (χ3n) is 3.83. The minimum absolute atomic E-state index is 0.00839. The van der Waals surface area contributed by atoms with Crippen molar-refractivity contribution in [2.45, 2.75) is 50.1 Å². The van der Waals surface area contributed by atoms with Crippen LogP contribution in [0.2, 0.25) is 0 Å². The molecule has 1 unspecified atom stereocenters. The highest BCUT2D eigenvalue weighted by atomic mass is 32.2. The Hall–Kier alpha value is -1.93. The molecule has 0 aromatic heterocycles. The zero-order chi connectivity index (χ0) is 17.9. The highest BCUT2D eigenvalue weighted by Gasteiger charge is 2.32. The van der Waals surface area contributed by atoms with Gasteiger partial charge in [0, 0.05) is 18.2 Å². The molecule has 1 atom stereocenters. The average molecular weight is 354 g/mol. The molecule has 1 saturated heterocycles. The van der Waals surface area contributed by atoms with Crippen molar-refractivity contribution in [2.24, 2.45) is 0 Å². The summed E-state index contributed by atoms with van der Waals surface area (Å²) in [6.45, 7) is 3.77. The molecule has 132 valence electrons. The number of nitrogens with one attached hydrogen (secondary N) is 1. The SMILES string of the molecule is CC(C)NS(=O)(=O)c1cccc(C(=O)N2CCCCC2C(=O)O)c1. The quantitative estimate of drug-likeness (QED) is 0.833. The van der Waals surface area contributed by atoms with E-state index in [0.717, 1.165) is 12.8 Å². The van der Waals surface area contributed by atoms with Crippen LogP contribution in [0.1, 0.15) is 43.5 Å². The van der Waals surface area contributed by atoms with Crippen molar-refractivity contribution in [3.8, 4) is 0 Å². The van der Waals surface area contributed by atoms with Crippen molar-refractivity contribution >= 4 is 21.9 Å². The number of nitrogens with zero attached hydrogens (tertiary/aromatic N) is 1. The lowest BCUT2D eigenvalue weighted by Gasteiger charge is -2.33. The molecule has 1 aromatic carbocycles. The fourth-order valence-corrected chi connectivity index (χ4v) is 4.07. The second-order valence-electron chi connectivity index (χ2n) is 6.15. The molecule has 1 aliphatic heterocycles. The van der Waals surface area contributed by atoms with Gasteiger partial charge in [0.25, 0.3) is 5.91 Å². The second kappa shape index (κ2) is 7.31. The first-order valence-electron chi connectivity index (χ1n) is 7.88. The van der Waals surface area contributed by atoms with Crippen LogP contribution in [0.15, 0.2) is 29.2 Å². The third kappa shape index (κ3) is 4.12. The molecule has 0 aliphatic carbocycles. The maximum atomic E-state index is 12.7. The monoisotopic (exact) mass is 354 g/mol. The van der Waals surface area contributed by atoms with E-state index >= 15 is 0 Å². The van der Waals surface area contributed by atoms with Crippen LogP contribution >= 0.6 is 0 Å². The predicted molar refractivity (Wildman–Crippen MR) is 88.2 cm³/mol. The van der Waals surface area contributed by atoms with Gasteiger partial charge >= 0.3 is 5.97 Å². The molecular formula is C16H22N2O5S. The lowest BCUT2D eigenvalue weighted by atomic mass is 10.0. The fourth-order valence-electron chi connectivity index (χ4n) is 2.77. The molecule has 8 heteroatoms. The van der Waals surface area contributed by atoms with E-state index in [1.165, 1.54) is 29.2 Å². The van der Waals surface area contributed by atoms with Gasteiger partial charge in [-0.2, -0.15) is 0 Å². The van der Waals surface area contributed by atoms with E-state index in [1.54, 1.807) is 13.8 Å². The Morgan fingerprint density at radius 2 is 2.00 bits per heavy atom. The van der Waals surface area contributed by atoms with Crippen LogP contribution < -0.4 is 4.72 Å². The van der Waals surface area contributed by atoms with E-state index in [9.17, 15) is 23.1 Å². The Labute approximate surface area is 141 Å². The summed E-state index contributed by atoms with van der Waals surface area (Å²) >= 11 is 0. The van der Waals surface area contributed by atoms with Crippen molar-refractivity contribution in [3.05, 3.63) is 29.8 Å². The summed E-state index contributed by atoms with van der Waals surface area (Å²) in [4.78, 5) is 25.3. The van der Waals surface area contributed by atoms with E-state index in [2.05, 4.69) is 4.72 Å². The predicted octanol–water partition coefficient (Wildman–Crippen LogP) is 1.45. The number of carbonyl (C=O) groups excluding carboxylic acids is 1. The molecule has 24 heavy (non-hydrogen) atoms. The number of hydrogen-bond acceptors (Lipinski definition) is 4. The normalized spacial score (nSPS) is 18.6. The van der Waals surface area contributed by atoms with Gasteiger partial charge in [0.2, 0.25) is 10.0 Å². The zero-order valence-electron chi connectivity index (χ0n) is 13.7. The first-order chi connectivity index (χ1) is 11.2. The van der Waals surface area contributed by atoms with E-state index in [0.29, 0.717) is 13.0 Å². The van der Waals surface area contributed by atoms with Crippen LogP contribution in [0.3, 0.4) is 0 Å². The minimum atomic E-state index is -3.71. The van der Waals surface area contributed by atoms with Gasteiger partial charge in [-0.15, -0.1) is 0 Å². The van der Waals surface area contributed by atoms with E-state index in [-0.39, 0.29) is 16.5 Å². The molecular weight excluding hydrogens is 332 g/mol. The van der Waals surface area contributed by atoms with Gasteiger partial charge in [0.15, 0.2) is 0 Å². The maximum absolute atomic E-state index is 12.7. The summed E-state index contributed by atoms with van der Waals surface area (Å²) in [5, 5.41) is 9.29. The Balaban J connectivity index is 2.30. The summed E-state index contributed by atoms with van der Waals surface area (Å²) in [5.41, 5.74) is 0.176. The number of piperidine rings is 1. The topological polar surface area (TPSA) is 104 Å². The van der Waals surface area contributed by atoms with Crippen molar-refractivity contribution in [1.29, 1.82) is 0 Å². The second-order valence-corrected chi connectivity index (χ2v) is 7.87. The van der Waals surface area contributed by atoms with Crippen LogP contribution in [0.4, 0.5) is 0 Å². The first kappa shape index (κ1) is 18.4. The van der Waals surface area contributed by atoms with E-state index in [4.69, 9.17) is 0 Å². The Morgan fingerprint density at radius 1 is 1.29 bits per heavy atom. The minimum Gasteiger partial charge on any atom is -0.480 e. The molecule has 0 bridgehead atoms. The first-order valence-corrected chi connectivity index (χ1v) is 9.37. The van der Waals surface area contributed by atoms with Gasteiger partial charge in [-0.05, 0) is 51.3 Å². The van der Waals surface area contributed by atoms with Gasteiger partial charge in [-0.1, -0.05) is 6.07 Å². The number of amides is 1. The van der Waals surface area contributed by atoms with Gasteiger partial charge < -0.3 is 10.0 Å². The number of carbonyl (C=O) groups is 2. The Kier molecular flexibility index (Phi) is 5.61. The highest BCUT2D eigenvalue weighted by Crippen LogP contribution is 2.21. The number of hydrogen-bond donors (Lipinski definition) is 2. The summed E-state index contributed by atoms with van der Waals surface area (Å²) in [6.07, 6.45) is 1.91. The number of carboxylic acid groups (broad SMARTS) is 1. The zero-order valence-corrected chi connectivity index (χ0v) is 14.5. The number of sulfonamides is 1. The summed E-state index contributed by atoms with van der Waals surface area (Å²) in [5.74, 6) is -1.49. The molecule has 1 amide bonds. The van der Waals surface area contributed by atoms with Crippen molar-refractivity contribution < 1.29 is 23.1 Å². The summed E-state index contributed by atoms with van der Waals surface area (Å²) in [7, 11) is -3.71. The molecule has 7 nitrogen and oxygen atoms in total. The van der Waals surface area contributed by atoms with Crippen LogP contribution in [-0.4, -0.2) is 48.9 Å². The molecule has 1 heterocycles. The number of aliphatic carboxylic acids is 1. The van der Waals surface area contributed by atoms with Gasteiger partial charge in [0.05, 0.1) is 4.90 Å². The van der Waals surface area contributed by atoms with Crippen molar-refractivity contribution in [1.82, 2.24) is 9.62 Å². The Morgan fingerprint density at radius 3 is 2.62 bits per heavy atom. The van der Waals surface area contributed by atoms with Crippen molar-refractivity contribution in [2.75, 3.05) is 6.54 Å². The fraction of sp³-hybridized carbons (Fsp3) is 0.500. The van der Waals surface area contributed by atoms with Gasteiger partial charge in [-0.25, -0.2) is 17.9 Å². The summed E-state index contributed by atoms with van der Waals surface area (Å²) in [6, 6.07) is 4.56. The standard InChI is InChI=1S/C16H22N2O5S/c1-11(2)17-24(22,23)13-7-5-6-12(10-13)15(19)18-9-4-3-8-14(18)16(20)21/h5-7,10-11,14,17H,3-4,8-9H2,1-2H3,(H,20,21). The smallest absolute Gasteiger partial charge is 0.326 e. The van der Waals surface area contributed by atoms with Crippen LogP contribution in [-0.2, 0) is 14.8 Å². The lowest BCUT2D eigenvalue weighted by Crippen LogP contribution is -2.48. The van der Waals surface area contributed by atoms with E-state index in [1.807, 2.05) is 0 Å².